The zero-order valence-electron chi connectivity index (χ0n) is 13.7. The number of nitrogens with one attached hydrogen (secondary N) is 1. The van der Waals surface area contributed by atoms with Gasteiger partial charge in [-0.3, -0.25) is 4.98 Å². The first kappa shape index (κ1) is 15.5. The van der Waals surface area contributed by atoms with Crippen LogP contribution in [0.5, 0.6) is 0 Å². The van der Waals surface area contributed by atoms with E-state index in [1.807, 2.05) is 30.4 Å². The summed E-state index contributed by atoms with van der Waals surface area (Å²) in [7, 11) is 0. The molecule has 1 aliphatic carbocycles. The molecule has 0 amide bonds. The van der Waals surface area contributed by atoms with E-state index >= 15 is 0 Å². The quantitative estimate of drug-likeness (QED) is 0.762. The lowest BCUT2D eigenvalue weighted by Gasteiger charge is -2.14. The monoisotopic (exact) mass is 339 g/mol. The van der Waals surface area contributed by atoms with E-state index in [1.54, 1.807) is 12.4 Å². The molecule has 1 atom stereocenters. The van der Waals surface area contributed by atoms with Gasteiger partial charge in [0.25, 0.3) is 0 Å². The molecule has 5 nitrogen and oxygen atoms in total. The lowest BCUT2D eigenvalue weighted by molar-refractivity contribution is 0.700. The maximum Gasteiger partial charge on any atom is 0.163 e. The van der Waals surface area contributed by atoms with Crippen LogP contribution in [0.2, 0.25) is 0 Å². The third-order valence-corrected chi connectivity index (χ3v) is 5.53. The molecule has 4 rings (SSSR count). The highest BCUT2D eigenvalue weighted by atomic mass is 32.1. The molecule has 124 valence electrons. The number of nitrogens with two attached hydrogens (primary N) is 1. The van der Waals surface area contributed by atoms with Crippen molar-refractivity contribution in [3.05, 3.63) is 35.0 Å². The molecule has 1 aliphatic rings. The fraction of sp³-hybridized carbons (Fsp3) is 0.389. The van der Waals surface area contributed by atoms with Gasteiger partial charge in [0, 0.05) is 35.4 Å². The minimum Gasteiger partial charge on any atom is -0.368 e. The summed E-state index contributed by atoms with van der Waals surface area (Å²) in [5.74, 6) is 1.67. The molecule has 24 heavy (non-hydrogen) atoms. The van der Waals surface area contributed by atoms with Gasteiger partial charge in [0.1, 0.15) is 10.6 Å². The van der Waals surface area contributed by atoms with Gasteiger partial charge in [-0.25, -0.2) is 9.97 Å². The lowest BCUT2D eigenvalue weighted by Crippen LogP contribution is -2.25. The van der Waals surface area contributed by atoms with Gasteiger partial charge in [0.05, 0.1) is 5.39 Å². The van der Waals surface area contributed by atoms with E-state index in [9.17, 15) is 0 Å². The molecular formula is C18H21N5S. The number of anilines is 1. The predicted molar refractivity (Wildman–Crippen MR) is 99.4 cm³/mol. The molecule has 3 aromatic heterocycles. The summed E-state index contributed by atoms with van der Waals surface area (Å²) in [5, 5.41) is 4.65. The molecule has 3 N–H and O–H groups in total. The van der Waals surface area contributed by atoms with Crippen molar-refractivity contribution < 1.29 is 0 Å². The third kappa shape index (κ3) is 2.87. The number of aryl methyl sites for hydroxylation is 2. The van der Waals surface area contributed by atoms with Gasteiger partial charge in [0.2, 0.25) is 0 Å². The number of rotatable bonds is 4. The summed E-state index contributed by atoms with van der Waals surface area (Å²) >= 11 is 1.82. The molecular weight excluding hydrogens is 318 g/mol. The smallest absolute Gasteiger partial charge is 0.163 e. The first-order valence-corrected chi connectivity index (χ1v) is 9.26. The van der Waals surface area contributed by atoms with Gasteiger partial charge in [-0.1, -0.05) is 0 Å². The summed E-state index contributed by atoms with van der Waals surface area (Å²) in [6.45, 7) is 2.70. The maximum atomic E-state index is 5.94. The number of hydrogen-bond donors (Lipinski definition) is 2. The van der Waals surface area contributed by atoms with Crippen molar-refractivity contribution >= 4 is 27.4 Å². The molecule has 3 heterocycles. The minimum absolute atomic E-state index is 0.0776. The molecule has 0 saturated carbocycles. The molecule has 0 saturated heterocycles. The molecule has 6 heteroatoms. The van der Waals surface area contributed by atoms with Gasteiger partial charge in [-0.2, -0.15) is 0 Å². The molecule has 0 aromatic carbocycles. The Morgan fingerprint density at radius 2 is 2.00 bits per heavy atom. The van der Waals surface area contributed by atoms with Crippen molar-refractivity contribution in [3.8, 4) is 11.4 Å². The van der Waals surface area contributed by atoms with Gasteiger partial charge < -0.3 is 11.1 Å². The highest BCUT2D eigenvalue weighted by Crippen LogP contribution is 2.39. The Kier molecular flexibility index (Phi) is 4.16. The largest absolute Gasteiger partial charge is 0.368 e. The molecule has 3 aromatic rings. The number of thiophene rings is 1. The second kappa shape index (κ2) is 6.45. The van der Waals surface area contributed by atoms with Crippen molar-refractivity contribution in [1.29, 1.82) is 0 Å². The van der Waals surface area contributed by atoms with Crippen LogP contribution in [-0.2, 0) is 12.8 Å². The standard InChI is InChI=1S/C18H21N5S/c1-11(19)10-21-17-15-13-4-2-3-5-14(13)24-18(15)23-16(22-17)12-6-8-20-9-7-12/h6-9,11H,2-5,10,19H2,1H3,(H,21,22,23). The SMILES string of the molecule is CC(N)CNc1nc(-c2ccncc2)nc2sc3c(c12)CCCC3. The molecule has 0 spiro atoms. The third-order valence-electron chi connectivity index (χ3n) is 4.34. The van der Waals surface area contributed by atoms with Crippen LogP contribution in [-0.4, -0.2) is 27.5 Å². The summed E-state index contributed by atoms with van der Waals surface area (Å²) in [4.78, 5) is 16.3. The van der Waals surface area contributed by atoms with Gasteiger partial charge >= 0.3 is 0 Å². The summed E-state index contributed by atoms with van der Waals surface area (Å²) in [6.07, 6.45) is 8.35. The van der Waals surface area contributed by atoms with E-state index in [2.05, 4.69) is 10.3 Å². The summed E-state index contributed by atoms with van der Waals surface area (Å²) in [5.41, 5.74) is 8.36. The van der Waals surface area contributed by atoms with Gasteiger partial charge in [-0.15, -0.1) is 11.3 Å². The van der Waals surface area contributed by atoms with Crippen molar-refractivity contribution in [2.24, 2.45) is 5.73 Å². The van der Waals surface area contributed by atoms with Crippen LogP contribution in [0.3, 0.4) is 0 Å². The van der Waals surface area contributed by atoms with Crippen LogP contribution < -0.4 is 11.1 Å². The van der Waals surface area contributed by atoms with E-state index < -0.39 is 0 Å². The van der Waals surface area contributed by atoms with Crippen molar-refractivity contribution in [1.82, 2.24) is 15.0 Å². The summed E-state index contributed by atoms with van der Waals surface area (Å²) in [6, 6.07) is 3.97. The fourth-order valence-corrected chi connectivity index (χ4v) is 4.43. The van der Waals surface area contributed by atoms with Crippen molar-refractivity contribution in [3.63, 3.8) is 0 Å². The number of fused-ring (bicyclic) bond motifs is 3. The van der Waals surface area contributed by atoms with E-state index in [0.29, 0.717) is 6.54 Å². The Balaban J connectivity index is 1.88. The molecule has 0 fully saturated rings. The topological polar surface area (TPSA) is 76.7 Å². The maximum absolute atomic E-state index is 5.94. The lowest BCUT2D eigenvalue weighted by atomic mass is 9.97. The Hall–Kier alpha value is -2.05. The second-order valence-corrected chi connectivity index (χ2v) is 7.46. The normalized spacial score (nSPS) is 15.2. The van der Waals surface area contributed by atoms with Crippen LogP contribution in [0, 0.1) is 0 Å². The Labute approximate surface area is 145 Å². The second-order valence-electron chi connectivity index (χ2n) is 6.38. The number of hydrogen-bond acceptors (Lipinski definition) is 6. The van der Waals surface area contributed by atoms with Crippen LogP contribution in [0.1, 0.15) is 30.2 Å². The Morgan fingerprint density at radius 1 is 1.21 bits per heavy atom. The molecule has 0 radical (unpaired) electrons. The average molecular weight is 339 g/mol. The Bertz CT molecular complexity index is 857. The zero-order valence-corrected chi connectivity index (χ0v) is 14.6. The van der Waals surface area contributed by atoms with Crippen LogP contribution in [0.25, 0.3) is 21.6 Å². The van der Waals surface area contributed by atoms with Gasteiger partial charge in [-0.05, 0) is 50.3 Å². The van der Waals surface area contributed by atoms with Crippen LogP contribution in [0.15, 0.2) is 24.5 Å². The first-order chi connectivity index (χ1) is 11.7. The van der Waals surface area contributed by atoms with E-state index in [4.69, 9.17) is 15.7 Å². The van der Waals surface area contributed by atoms with Crippen LogP contribution in [0.4, 0.5) is 5.82 Å². The van der Waals surface area contributed by atoms with E-state index in [1.165, 1.54) is 28.7 Å². The zero-order chi connectivity index (χ0) is 16.5. The molecule has 0 aliphatic heterocycles. The molecule has 0 bridgehead atoms. The van der Waals surface area contributed by atoms with Crippen molar-refractivity contribution in [2.45, 2.75) is 38.6 Å². The highest BCUT2D eigenvalue weighted by molar-refractivity contribution is 7.19. The predicted octanol–water partition coefficient (Wildman–Crippen LogP) is 3.39. The average Bonchev–Trinajstić information content (AvgIpc) is 2.99. The number of aromatic nitrogens is 3. The summed E-state index contributed by atoms with van der Waals surface area (Å²) < 4.78 is 0. The van der Waals surface area contributed by atoms with Crippen molar-refractivity contribution in [2.75, 3.05) is 11.9 Å². The highest BCUT2D eigenvalue weighted by Gasteiger charge is 2.21. The number of pyridine rings is 1. The molecule has 1 unspecified atom stereocenters. The van der Waals surface area contributed by atoms with Gasteiger partial charge in [0.15, 0.2) is 5.82 Å². The first-order valence-electron chi connectivity index (χ1n) is 8.44. The van der Waals surface area contributed by atoms with Crippen LogP contribution >= 0.6 is 11.3 Å². The van der Waals surface area contributed by atoms with E-state index in [0.717, 1.165) is 34.9 Å². The van der Waals surface area contributed by atoms with E-state index in [-0.39, 0.29) is 6.04 Å². The fourth-order valence-electron chi connectivity index (χ4n) is 3.17. The minimum atomic E-state index is 0.0776. The Morgan fingerprint density at radius 3 is 2.79 bits per heavy atom. The number of nitrogens with zero attached hydrogens (tertiary/aromatic N) is 3.